The van der Waals surface area contributed by atoms with Crippen molar-refractivity contribution in [1.82, 2.24) is 15.5 Å². The van der Waals surface area contributed by atoms with Crippen molar-refractivity contribution in [3.63, 3.8) is 0 Å². The van der Waals surface area contributed by atoms with Gasteiger partial charge in [-0.1, -0.05) is 22.9 Å². The normalized spacial score (nSPS) is 11.2. The first kappa shape index (κ1) is 21.3. The molecule has 2 N–H and O–H groups in total. The lowest BCUT2D eigenvalue weighted by molar-refractivity contribution is 0.0953. The zero-order chi connectivity index (χ0) is 21.7. The van der Waals surface area contributed by atoms with Gasteiger partial charge in [-0.05, 0) is 44.2 Å². The van der Waals surface area contributed by atoms with Crippen LogP contribution in [-0.2, 0) is 16.4 Å². The minimum absolute atomic E-state index is 0.132. The molecular formula is C20H22N4O5S. The molecule has 3 aromatic rings. The van der Waals surface area contributed by atoms with Gasteiger partial charge in [-0.25, -0.2) is 8.42 Å². The summed E-state index contributed by atoms with van der Waals surface area (Å²) >= 11 is 0. The summed E-state index contributed by atoms with van der Waals surface area (Å²) in [5.74, 6) is 0.628. The number of nitrogens with zero attached hydrogens (tertiary/aromatic N) is 2. The molecule has 0 spiro atoms. The van der Waals surface area contributed by atoms with Crippen LogP contribution in [0, 0.1) is 13.8 Å². The van der Waals surface area contributed by atoms with Crippen LogP contribution in [0.25, 0.3) is 0 Å². The van der Waals surface area contributed by atoms with Gasteiger partial charge in [0.05, 0.1) is 7.11 Å². The Morgan fingerprint density at radius 1 is 1.13 bits per heavy atom. The molecule has 2 aromatic carbocycles. The van der Waals surface area contributed by atoms with Gasteiger partial charge in [-0.2, -0.15) is 4.98 Å². The monoisotopic (exact) mass is 430 g/mol. The van der Waals surface area contributed by atoms with E-state index in [9.17, 15) is 13.2 Å². The minimum Gasteiger partial charge on any atom is -0.495 e. The number of rotatable bonds is 8. The van der Waals surface area contributed by atoms with Crippen molar-refractivity contribution in [2.75, 3.05) is 18.4 Å². The van der Waals surface area contributed by atoms with Crippen molar-refractivity contribution in [2.24, 2.45) is 0 Å². The Morgan fingerprint density at radius 3 is 2.50 bits per heavy atom. The largest absolute Gasteiger partial charge is 0.495 e. The van der Waals surface area contributed by atoms with Gasteiger partial charge in [0.2, 0.25) is 5.89 Å². The number of hydrogen-bond donors (Lipinski definition) is 2. The molecule has 0 aliphatic carbocycles. The Hall–Kier alpha value is -3.40. The van der Waals surface area contributed by atoms with E-state index in [0.29, 0.717) is 23.8 Å². The summed E-state index contributed by atoms with van der Waals surface area (Å²) in [5, 5.41) is 6.39. The zero-order valence-electron chi connectivity index (χ0n) is 16.8. The van der Waals surface area contributed by atoms with Crippen LogP contribution in [0.3, 0.4) is 0 Å². The minimum atomic E-state index is -3.97. The Balaban J connectivity index is 1.76. The molecule has 0 unspecified atom stereocenters. The number of aromatic nitrogens is 2. The maximum atomic E-state index is 12.9. The number of methoxy groups -OCH3 is 1. The Morgan fingerprint density at radius 2 is 1.87 bits per heavy atom. The van der Waals surface area contributed by atoms with Gasteiger partial charge in [0.25, 0.3) is 15.9 Å². The van der Waals surface area contributed by atoms with E-state index in [1.165, 1.54) is 25.3 Å². The molecule has 0 aliphatic rings. The molecular weight excluding hydrogens is 408 g/mol. The molecule has 0 fully saturated rings. The molecule has 30 heavy (non-hydrogen) atoms. The number of hydrogen-bond acceptors (Lipinski definition) is 7. The van der Waals surface area contributed by atoms with Crippen LogP contribution in [0.2, 0.25) is 0 Å². The molecule has 0 radical (unpaired) electrons. The quantitative estimate of drug-likeness (QED) is 0.563. The molecule has 1 aromatic heterocycles. The van der Waals surface area contributed by atoms with Crippen LogP contribution in [0.4, 0.5) is 5.69 Å². The molecule has 0 saturated carbocycles. The van der Waals surface area contributed by atoms with Gasteiger partial charge in [0, 0.05) is 24.2 Å². The fourth-order valence-corrected chi connectivity index (χ4v) is 3.94. The summed E-state index contributed by atoms with van der Waals surface area (Å²) < 4.78 is 38.5. The molecule has 1 heterocycles. The Kier molecular flexibility index (Phi) is 6.36. The summed E-state index contributed by atoms with van der Waals surface area (Å²) in [6.07, 6.45) is 0.364. The molecule has 10 heteroatoms. The van der Waals surface area contributed by atoms with Crippen LogP contribution in [0.5, 0.6) is 5.75 Å². The fraction of sp³-hybridized carbons (Fsp3) is 0.250. The number of sulfonamides is 1. The lowest BCUT2D eigenvalue weighted by Gasteiger charge is -2.13. The predicted molar refractivity (Wildman–Crippen MR) is 110 cm³/mol. The van der Waals surface area contributed by atoms with Crippen LogP contribution < -0.4 is 14.8 Å². The third-order valence-electron chi connectivity index (χ3n) is 4.21. The van der Waals surface area contributed by atoms with Crippen LogP contribution in [0.1, 0.15) is 27.6 Å². The highest BCUT2D eigenvalue weighted by Gasteiger charge is 2.22. The number of nitrogens with one attached hydrogen (secondary N) is 2. The number of carbonyl (C=O) groups excluding carboxylic acids is 1. The number of ether oxygens (including phenoxy) is 1. The van der Waals surface area contributed by atoms with Crippen molar-refractivity contribution in [3.8, 4) is 5.75 Å². The second-order valence-corrected chi connectivity index (χ2v) is 8.23. The van der Waals surface area contributed by atoms with E-state index < -0.39 is 15.9 Å². The molecule has 0 saturated heterocycles. The highest BCUT2D eigenvalue weighted by molar-refractivity contribution is 7.92. The van der Waals surface area contributed by atoms with E-state index >= 15 is 0 Å². The van der Waals surface area contributed by atoms with Gasteiger partial charge in [0.15, 0.2) is 5.82 Å². The van der Waals surface area contributed by atoms with E-state index in [1.807, 2.05) is 6.92 Å². The Bertz CT molecular complexity index is 1140. The van der Waals surface area contributed by atoms with Crippen molar-refractivity contribution in [3.05, 3.63) is 65.3 Å². The SMILES string of the molecule is COc1ccc(C(=O)NCCc2nc(C)no2)cc1S(=O)(=O)Nc1ccc(C)cc1. The average molecular weight is 430 g/mol. The third-order valence-corrected chi connectivity index (χ3v) is 5.62. The molecule has 0 bridgehead atoms. The average Bonchev–Trinajstić information content (AvgIpc) is 3.14. The van der Waals surface area contributed by atoms with Gasteiger partial charge < -0.3 is 14.6 Å². The zero-order valence-corrected chi connectivity index (χ0v) is 17.6. The number of amides is 1. The summed E-state index contributed by atoms with van der Waals surface area (Å²) in [5.41, 5.74) is 1.60. The number of anilines is 1. The number of carbonyl (C=O) groups is 1. The summed E-state index contributed by atoms with van der Waals surface area (Å²) in [4.78, 5) is 16.4. The first-order valence-corrected chi connectivity index (χ1v) is 10.6. The summed E-state index contributed by atoms with van der Waals surface area (Å²) in [7, 11) is -2.61. The molecule has 9 nitrogen and oxygen atoms in total. The smallest absolute Gasteiger partial charge is 0.265 e. The van der Waals surface area contributed by atoms with E-state index in [2.05, 4.69) is 20.2 Å². The van der Waals surface area contributed by atoms with Crippen LogP contribution in [0.15, 0.2) is 51.9 Å². The van der Waals surface area contributed by atoms with Gasteiger partial charge in [0.1, 0.15) is 10.6 Å². The second kappa shape index (κ2) is 8.95. The molecule has 0 atom stereocenters. The number of aryl methyl sites for hydroxylation is 2. The van der Waals surface area contributed by atoms with Gasteiger partial charge >= 0.3 is 0 Å². The second-order valence-electron chi connectivity index (χ2n) is 6.58. The summed E-state index contributed by atoms with van der Waals surface area (Å²) in [6, 6.07) is 11.1. The fourth-order valence-electron chi connectivity index (χ4n) is 2.69. The standard InChI is InChI=1S/C20H22N4O5S/c1-13-4-7-16(8-5-13)24-30(26,27)18-12-15(6-9-17(18)28-3)20(25)21-11-10-19-22-14(2)23-29-19/h4-9,12,24H,10-11H2,1-3H3,(H,21,25). The molecule has 0 aliphatic heterocycles. The van der Waals surface area contributed by atoms with E-state index in [-0.39, 0.29) is 22.8 Å². The topological polar surface area (TPSA) is 123 Å². The Labute approximate surface area is 174 Å². The van der Waals surface area contributed by atoms with Crippen LogP contribution in [-0.4, -0.2) is 38.1 Å². The maximum Gasteiger partial charge on any atom is 0.265 e. The first-order valence-electron chi connectivity index (χ1n) is 9.13. The van der Waals surface area contributed by atoms with Crippen molar-refractivity contribution < 1.29 is 22.5 Å². The van der Waals surface area contributed by atoms with Crippen molar-refractivity contribution >= 4 is 21.6 Å². The lowest BCUT2D eigenvalue weighted by Crippen LogP contribution is -2.26. The first-order chi connectivity index (χ1) is 14.3. The van der Waals surface area contributed by atoms with Gasteiger partial charge in [-0.15, -0.1) is 0 Å². The highest BCUT2D eigenvalue weighted by Crippen LogP contribution is 2.27. The van der Waals surface area contributed by atoms with E-state index in [1.54, 1.807) is 31.2 Å². The van der Waals surface area contributed by atoms with Crippen LogP contribution >= 0.6 is 0 Å². The van der Waals surface area contributed by atoms with Gasteiger partial charge in [-0.3, -0.25) is 9.52 Å². The third kappa shape index (κ3) is 5.15. The number of benzene rings is 2. The predicted octanol–water partition coefficient (Wildman–Crippen LogP) is 2.47. The van der Waals surface area contributed by atoms with Crippen molar-refractivity contribution in [1.29, 1.82) is 0 Å². The van der Waals surface area contributed by atoms with Crippen molar-refractivity contribution in [2.45, 2.75) is 25.2 Å². The molecule has 158 valence electrons. The molecule has 1 amide bonds. The molecule has 3 rings (SSSR count). The van der Waals surface area contributed by atoms with E-state index in [4.69, 9.17) is 9.26 Å². The van der Waals surface area contributed by atoms with E-state index in [0.717, 1.165) is 5.56 Å². The highest BCUT2D eigenvalue weighted by atomic mass is 32.2. The lowest BCUT2D eigenvalue weighted by atomic mass is 10.2. The maximum absolute atomic E-state index is 12.9. The summed E-state index contributed by atoms with van der Waals surface area (Å²) in [6.45, 7) is 3.87.